The van der Waals surface area contributed by atoms with Crippen LogP contribution in [0.1, 0.15) is 26.7 Å². The van der Waals surface area contributed by atoms with E-state index in [4.69, 9.17) is 0 Å². The molecule has 0 aromatic carbocycles. The zero-order valence-corrected chi connectivity index (χ0v) is 11.8. The summed E-state index contributed by atoms with van der Waals surface area (Å²) in [7, 11) is 3.48. The van der Waals surface area contributed by atoms with E-state index in [2.05, 4.69) is 4.90 Å². The van der Waals surface area contributed by atoms with Crippen LogP contribution in [0.4, 0.5) is 0 Å². The Hall–Kier alpha value is -1.10. The van der Waals surface area contributed by atoms with Crippen LogP contribution in [0.15, 0.2) is 0 Å². The SMILES string of the molecule is CN(C)C(=O)CN1CCCC(C(C)(C)C(=O)O)C1. The number of amides is 1. The van der Waals surface area contributed by atoms with Crippen molar-refractivity contribution in [2.75, 3.05) is 33.7 Å². The number of rotatable bonds is 4. The highest BCUT2D eigenvalue weighted by molar-refractivity contribution is 5.77. The number of hydrogen-bond acceptors (Lipinski definition) is 3. The third-order valence-corrected chi connectivity index (χ3v) is 3.94. The summed E-state index contributed by atoms with van der Waals surface area (Å²) in [5, 5.41) is 9.26. The molecule has 1 fully saturated rings. The minimum absolute atomic E-state index is 0.0729. The summed E-state index contributed by atoms with van der Waals surface area (Å²) in [6, 6.07) is 0. The van der Waals surface area contributed by atoms with Crippen molar-refractivity contribution in [1.29, 1.82) is 0 Å². The van der Waals surface area contributed by atoms with E-state index in [1.807, 2.05) is 0 Å². The van der Waals surface area contributed by atoms with Gasteiger partial charge >= 0.3 is 5.97 Å². The normalized spacial score (nSPS) is 21.7. The molecular formula is C13H24N2O3. The number of aliphatic carboxylic acids is 1. The van der Waals surface area contributed by atoms with Gasteiger partial charge in [0.25, 0.3) is 0 Å². The van der Waals surface area contributed by atoms with Crippen LogP contribution in [0.25, 0.3) is 0 Å². The van der Waals surface area contributed by atoms with Crippen molar-refractivity contribution in [2.45, 2.75) is 26.7 Å². The van der Waals surface area contributed by atoms with E-state index in [0.29, 0.717) is 13.1 Å². The van der Waals surface area contributed by atoms with Gasteiger partial charge in [-0.25, -0.2) is 0 Å². The van der Waals surface area contributed by atoms with E-state index in [0.717, 1.165) is 19.4 Å². The molecule has 104 valence electrons. The predicted octanol–water partition coefficient (Wildman–Crippen LogP) is 0.897. The van der Waals surface area contributed by atoms with Gasteiger partial charge in [0, 0.05) is 20.6 Å². The van der Waals surface area contributed by atoms with E-state index < -0.39 is 11.4 Å². The number of likely N-dealkylation sites (tertiary alicyclic amines) is 1. The number of nitrogens with zero attached hydrogens (tertiary/aromatic N) is 2. The Labute approximate surface area is 109 Å². The Bertz CT molecular complexity index is 326. The van der Waals surface area contributed by atoms with Gasteiger partial charge in [-0.3, -0.25) is 14.5 Å². The zero-order valence-electron chi connectivity index (χ0n) is 11.8. The summed E-state index contributed by atoms with van der Waals surface area (Å²) in [5.41, 5.74) is -0.722. The Morgan fingerprint density at radius 1 is 1.39 bits per heavy atom. The fraction of sp³-hybridized carbons (Fsp3) is 0.846. The maximum atomic E-state index is 11.7. The second-order valence-corrected chi connectivity index (χ2v) is 5.89. The number of carbonyl (C=O) groups is 2. The first-order chi connectivity index (χ1) is 8.25. The summed E-state index contributed by atoms with van der Waals surface area (Å²) in [6.45, 7) is 5.51. The molecule has 0 aliphatic carbocycles. The highest BCUT2D eigenvalue weighted by atomic mass is 16.4. The van der Waals surface area contributed by atoms with E-state index >= 15 is 0 Å². The standard InChI is InChI=1S/C13H24N2O3/c1-13(2,12(17)18)10-6-5-7-15(8-10)9-11(16)14(3)4/h10H,5-9H2,1-4H3,(H,17,18). The van der Waals surface area contributed by atoms with Gasteiger partial charge in [-0.15, -0.1) is 0 Å². The number of likely N-dealkylation sites (N-methyl/N-ethyl adjacent to an activating group) is 1. The molecule has 5 heteroatoms. The molecule has 0 bridgehead atoms. The molecular weight excluding hydrogens is 232 g/mol. The Morgan fingerprint density at radius 3 is 2.50 bits per heavy atom. The molecule has 18 heavy (non-hydrogen) atoms. The fourth-order valence-corrected chi connectivity index (χ4v) is 2.30. The van der Waals surface area contributed by atoms with Crippen molar-refractivity contribution in [2.24, 2.45) is 11.3 Å². The third-order valence-electron chi connectivity index (χ3n) is 3.94. The van der Waals surface area contributed by atoms with Crippen LogP contribution < -0.4 is 0 Å². The first kappa shape index (κ1) is 15.0. The maximum absolute atomic E-state index is 11.7. The number of piperidine rings is 1. The monoisotopic (exact) mass is 256 g/mol. The van der Waals surface area contributed by atoms with Crippen LogP contribution in [0.3, 0.4) is 0 Å². The highest BCUT2D eigenvalue weighted by Crippen LogP contribution is 2.34. The molecule has 1 saturated heterocycles. The van der Waals surface area contributed by atoms with Crippen molar-refractivity contribution in [3.63, 3.8) is 0 Å². The second kappa shape index (κ2) is 5.69. The lowest BCUT2D eigenvalue weighted by Gasteiger charge is -2.39. The van der Waals surface area contributed by atoms with Crippen molar-refractivity contribution in [3.05, 3.63) is 0 Å². The molecule has 0 aromatic rings. The topological polar surface area (TPSA) is 60.9 Å². The van der Waals surface area contributed by atoms with Crippen LogP contribution in [0.5, 0.6) is 0 Å². The van der Waals surface area contributed by atoms with Crippen LogP contribution >= 0.6 is 0 Å². The molecule has 1 aliphatic rings. The number of carbonyl (C=O) groups excluding carboxylic acids is 1. The van der Waals surface area contributed by atoms with Crippen LogP contribution in [-0.2, 0) is 9.59 Å². The lowest BCUT2D eigenvalue weighted by molar-refractivity contribution is -0.151. The van der Waals surface area contributed by atoms with E-state index in [1.54, 1.807) is 32.8 Å². The Balaban J connectivity index is 2.61. The maximum Gasteiger partial charge on any atom is 0.309 e. The van der Waals surface area contributed by atoms with Gasteiger partial charge in [0.1, 0.15) is 0 Å². The molecule has 1 rings (SSSR count). The van der Waals surface area contributed by atoms with Gasteiger partial charge in [-0.2, -0.15) is 0 Å². The Kier molecular flexibility index (Phi) is 4.73. The van der Waals surface area contributed by atoms with Crippen LogP contribution in [0, 0.1) is 11.3 Å². The largest absolute Gasteiger partial charge is 0.481 e. The average Bonchev–Trinajstić information content (AvgIpc) is 2.28. The predicted molar refractivity (Wildman–Crippen MR) is 69.3 cm³/mol. The van der Waals surface area contributed by atoms with Gasteiger partial charge in [0.2, 0.25) is 5.91 Å². The van der Waals surface area contributed by atoms with Crippen LogP contribution in [0.2, 0.25) is 0 Å². The van der Waals surface area contributed by atoms with Crippen molar-refractivity contribution < 1.29 is 14.7 Å². The smallest absolute Gasteiger partial charge is 0.309 e. The Morgan fingerprint density at radius 2 is 2.00 bits per heavy atom. The molecule has 1 N–H and O–H groups in total. The van der Waals surface area contributed by atoms with Gasteiger partial charge in [0.15, 0.2) is 0 Å². The fourth-order valence-electron chi connectivity index (χ4n) is 2.30. The van der Waals surface area contributed by atoms with Gasteiger partial charge in [-0.1, -0.05) is 0 Å². The summed E-state index contributed by atoms with van der Waals surface area (Å²) in [4.78, 5) is 26.6. The molecule has 1 heterocycles. The number of carboxylic acids is 1. The number of hydrogen-bond donors (Lipinski definition) is 1. The van der Waals surface area contributed by atoms with Crippen molar-refractivity contribution >= 4 is 11.9 Å². The van der Waals surface area contributed by atoms with Gasteiger partial charge in [-0.05, 0) is 39.2 Å². The molecule has 0 aromatic heterocycles. The van der Waals surface area contributed by atoms with Crippen LogP contribution in [-0.4, -0.2) is 60.5 Å². The van der Waals surface area contributed by atoms with E-state index in [-0.39, 0.29) is 11.8 Å². The summed E-state index contributed by atoms with van der Waals surface area (Å²) in [5.74, 6) is -0.573. The van der Waals surface area contributed by atoms with Crippen molar-refractivity contribution in [1.82, 2.24) is 9.80 Å². The third kappa shape index (κ3) is 3.45. The molecule has 1 unspecified atom stereocenters. The molecule has 0 spiro atoms. The summed E-state index contributed by atoms with van der Waals surface area (Å²) >= 11 is 0. The molecule has 0 radical (unpaired) electrons. The average molecular weight is 256 g/mol. The van der Waals surface area contributed by atoms with Crippen molar-refractivity contribution in [3.8, 4) is 0 Å². The molecule has 1 atom stereocenters. The minimum Gasteiger partial charge on any atom is -0.481 e. The first-order valence-corrected chi connectivity index (χ1v) is 6.41. The summed E-state index contributed by atoms with van der Waals surface area (Å²) in [6.07, 6.45) is 1.88. The zero-order chi connectivity index (χ0) is 13.9. The lowest BCUT2D eigenvalue weighted by Crippen LogP contribution is -2.47. The van der Waals surface area contributed by atoms with Gasteiger partial charge in [0.05, 0.1) is 12.0 Å². The van der Waals surface area contributed by atoms with Gasteiger partial charge < -0.3 is 10.0 Å². The van der Waals surface area contributed by atoms with E-state index in [1.165, 1.54) is 0 Å². The first-order valence-electron chi connectivity index (χ1n) is 6.41. The minimum atomic E-state index is -0.756. The highest BCUT2D eigenvalue weighted by Gasteiger charge is 2.39. The molecule has 1 amide bonds. The molecule has 1 aliphatic heterocycles. The second-order valence-electron chi connectivity index (χ2n) is 5.89. The summed E-state index contributed by atoms with van der Waals surface area (Å²) < 4.78 is 0. The number of carboxylic acid groups (broad SMARTS) is 1. The lowest BCUT2D eigenvalue weighted by atomic mass is 9.74. The molecule has 5 nitrogen and oxygen atoms in total. The molecule has 0 saturated carbocycles. The quantitative estimate of drug-likeness (QED) is 0.811. The van der Waals surface area contributed by atoms with E-state index in [9.17, 15) is 14.7 Å².